The van der Waals surface area contributed by atoms with Crippen molar-refractivity contribution in [3.63, 3.8) is 0 Å². The van der Waals surface area contributed by atoms with Gasteiger partial charge in [0.15, 0.2) is 5.78 Å². The Balaban J connectivity index is 1.94. The lowest BCUT2D eigenvalue weighted by molar-refractivity contribution is -0.130. The number of hydrogen-bond acceptors (Lipinski definition) is 4. The molecule has 0 aliphatic carbocycles. The smallest absolute Gasteiger partial charge is 0.338 e. The molecule has 4 nitrogen and oxygen atoms in total. The second-order valence-electron chi connectivity index (χ2n) is 5.40. The first-order valence-electron chi connectivity index (χ1n) is 7.61. The van der Waals surface area contributed by atoms with Crippen molar-refractivity contribution in [2.24, 2.45) is 0 Å². The Morgan fingerprint density at radius 3 is 1.88 bits per heavy atom. The molecule has 2 aromatic carbocycles. The average Bonchev–Trinajstić information content (AvgIpc) is 2.60. The highest BCUT2D eigenvalue weighted by atomic mass is 16.5. The molecule has 126 valence electrons. The van der Waals surface area contributed by atoms with Crippen LogP contribution in [0, 0.1) is 0 Å². The fourth-order valence-electron chi connectivity index (χ4n) is 1.84. The summed E-state index contributed by atoms with van der Waals surface area (Å²) in [5, 5.41) is 9.21. The van der Waals surface area contributed by atoms with E-state index in [2.05, 4.69) is 6.58 Å². The van der Waals surface area contributed by atoms with Gasteiger partial charge in [-0.15, -0.1) is 0 Å². The maximum atomic E-state index is 11.8. The number of allylic oxidation sites excluding steroid dienone is 2. The van der Waals surface area contributed by atoms with Crippen molar-refractivity contribution in [3.8, 4) is 11.5 Å². The number of ketones is 1. The highest BCUT2D eigenvalue weighted by molar-refractivity contribution is 6.04. The predicted molar refractivity (Wildman–Crippen MR) is 98.1 cm³/mol. The SMILES string of the molecule is C=C(C)C(=O)Oc1ccc(/C=C/C(=O)/C=C/c2ccc(O)cc2)cc1. The fourth-order valence-corrected chi connectivity index (χ4v) is 1.84. The number of benzene rings is 2. The molecule has 0 spiro atoms. The minimum atomic E-state index is -0.474. The molecule has 0 bridgehead atoms. The lowest BCUT2D eigenvalue weighted by atomic mass is 10.1. The number of aromatic hydroxyl groups is 1. The molecular formula is C21H18O4. The molecule has 2 rings (SSSR count). The first-order chi connectivity index (χ1) is 11.9. The Morgan fingerprint density at radius 1 is 0.920 bits per heavy atom. The van der Waals surface area contributed by atoms with E-state index in [1.54, 1.807) is 67.6 Å². The van der Waals surface area contributed by atoms with Gasteiger partial charge in [-0.3, -0.25) is 4.79 Å². The number of phenolic OH excluding ortho intramolecular Hbond substituents is 1. The minimum Gasteiger partial charge on any atom is -0.508 e. The Hall–Kier alpha value is -3.40. The van der Waals surface area contributed by atoms with Crippen LogP contribution >= 0.6 is 0 Å². The van der Waals surface area contributed by atoms with Crippen molar-refractivity contribution in [1.82, 2.24) is 0 Å². The molecular weight excluding hydrogens is 316 g/mol. The van der Waals surface area contributed by atoms with Gasteiger partial charge in [0, 0.05) is 5.57 Å². The Labute approximate surface area is 146 Å². The average molecular weight is 334 g/mol. The zero-order valence-corrected chi connectivity index (χ0v) is 13.8. The van der Waals surface area contributed by atoms with Gasteiger partial charge in [0.25, 0.3) is 0 Å². The van der Waals surface area contributed by atoms with Crippen molar-refractivity contribution >= 4 is 23.9 Å². The zero-order valence-electron chi connectivity index (χ0n) is 13.8. The molecule has 0 aliphatic heterocycles. The molecule has 4 heteroatoms. The van der Waals surface area contributed by atoms with Gasteiger partial charge in [0.1, 0.15) is 11.5 Å². The number of hydrogen-bond donors (Lipinski definition) is 1. The highest BCUT2D eigenvalue weighted by Crippen LogP contribution is 2.15. The van der Waals surface area contributed by atoms with Crippen LogP contribution in [0.25, 0.3) is 12.2 Å². The van der Waals surface area contributed by atoms with Crippen molar-refractivity contribution in [2.45, 2.75) is 6.92 Å². The van der Waals surface area contributed by atoms with Crippen LogP contribution in [0.4, 0.5) is 0 Å². The first kappa shape index (κ1) is 17.9. The minimum absolute atomic E-state index is 0.161. The van der Waals surface area contributed by atoms with E-state index < -0.39 is 5.97 Å². The Kier molecular flexibility index (Phi) is 6.07. The van der Waals surface area contributed by atoms with Crippen molar-refractivity contribution in [2.75, 3.05) is 0 Å². The summed E-state index contributed by atoms with van der Waals surface area (Å²) < 4.78 is 5.09. The van der Waals surface area contributed by atoms with E-state index in [1.165, 1.54) is 12.2 Å². The van der Waals surface area contributed by atoms with Gasteiger partial charge in [0.2, 0.25) is 0 Å². The number of phenols is 1. The second kappa shape index (κ2) is 8.45. The Morgan fingerprint density at radius 2 is 1.40 bits per heavy atom. The lowest BCUT2D eigenvalue weighted by Gasteiger charge is -2.03. The largest absolute Gasteiger partial charge is 0.508 e. The van der Waals surface area contributed by atoms with E-state index in [9.17, 15) is 14.7 Å². The number of esters is 1. The summed E-state index contributed by atoms with van der Waals surface area (Å²) >= 11 is 0. The van der Waals surface area contributed by atoms with Crippen LogP contribution in [0.1, 0.15) is 18.1 Å². The molecule has 0 aliphatic rings. The van der Waals surface area contributed by atoms with Gasteiger partial charge in [-0.2, -0.15) is 0 Å². The maximum Gasteiger partial charge on any atom is 0.338 e. The molecule has 0 unspecified atom stereocenters. The van der Waals surface area contributed by atoms with Crippen LogP contribution in [-0.4, -0.2) is 16.9 Å². The van der Waals surface area contributed by atoms with Crippen LogP contribution in [0.3, 0.4) is 0 Å². The van der Waals surface area contributed by atoms with Crippen LogP contribution in [-0.2, 0) is 9.59 Å². The molecule has 0 amide bonds. The summed E-state index contributed by atoms with van der Waals surface area (Å²) in [6.45, 7) is 5.10. The van der Waals surface area contributed by atoms with E-state index in [1.807, 2.05) is 0 Å². The molecule has 0 radical (unpaired) electrons. The molecule has 2 aromatic rings. The van der Waals surface area contributed by atoms with E-state index in [-0.39, 0.29) is 11.5 Å². The molecule has 0 heterocycles. The van der Waals surface area contributed by atoms with Crippen LogP contribution in [0.15, 0.2) is 72.8 Å². The van der Waals surface area contributed by atoms with Gasteiger partial charge in [-0.25, -0.2) is 4.79 Å². The third-order valence-electron chi connectivity index (χ3n) is 3.21. The van der Waals surface area contributed by atoms with Crippen molar-refractivity contribution in [1.29, 1.82) is 0 Å². The number of carbonyl (C=O) groups is 2. The quantitative estimate of drug-likeness (QED) is 0.489. The van der Waals surface area contributed by atoms with Gasteiger partial charge in [-0.1, -0.05) is 43.0 Å². The van der Waals surface area contributed by atoms with Crippen molar-refractivity contribution in [3.05, 3.63) is 84.0 Å². The van der Waals surface area contributed by atoms with E-state index in [4.69, 9.17) is 4.74 Å². The van der Waals surface area contributed by atoms with Gasteiger partial charge < -0.3 is 9.84 Å². The molecule has 0 saturated heterocycles. The van der Waals surface area contributed by atoms with E-state index >= 15 is 0 Å². The predicted octanol–water partition coefficient (Wildman–Crippen LogP) is 4.17. The van der Waals surface area contributed by atoms with Gasteiger partial charge in [-0.05, 0) is 54.5 Å². The van der Waals surface area contributed by atoms with Crippen LogP contribution in [0.2, 0.25) is 0 Å². The second-order valence-corrected chi connectivity index (χ2v) is 5.40. The summed E-state index contributed by atoms with van der Waals surface area (Å²) in [7, 11) is 0. The summed E-state index contributed by atoms with van der Waals surface area (Å²) in [6.07, 6.45) is 6.25. The number of ether oxygens (including phenoxy) is 1. The van der Waals surface area contributed by atoms with E-state index in [0.717, 1.165) is 11.1 Å². The molecule has 0 atom stereocenters. The molecule has 0 saturated carbocycles. The topological polar surface area (TPSA) is 63.6 Å². The molecule has 25 heavy (non-hydrogen) atoms. The summed E-state index contributed by atoms with van der Waals surface area (Å²) in [5.74, 6) is -0.0341. The molecule has 0 fully saturated rings. The monoisotopic (exact) mass is 334 g/mol. The molecule has 0 aromatic heterocycles. The van der Waals surface area contributed by atoms with Crippen LogP contribution in [0.5, 0.6) is 11.5 Å². The first-order valence-corrected chi connectivity index (χ1v) is 7.61. The fraction of sp³-hybridized carbons (Fsp3) is 0.0476. The third-order valence-corrected chi connectivity index (χ3v) is 3.21. The summed E-state index contributed by atoms with van der Waals surface area (Å²) in [6, 6.07) is 13.3. The zero-order chi connectivity index (χ0) is 18.2. The maximum absolute atomic E-state index is 11.8. The summed E-state index contributed by atoms with van der Waals surface area (Å²) in [4.78, 5) is 23.3. The number of carbonyl (C=O) groups excluding carboxylic acids is 2. The van der Waals surface area contributed by atoms with Crippen LogP contribution < -0.4 is 4.74 Å². The lowest BCUT2D eigenvalue weighted by Crippen LogP contribution is -2.07. The third kappa shape index (κ3) is 5.95. The normalized spacial score (nSPS) is 10.9. The summed E-state index contributed by atoms with van der Waals surface area (Å²) in [5.41, 5.74) is 1.96. The van der Waals surface area contributed by atoms with E-state index in [0.29, 0.717) is 11.3 Å². The Bertz CT molecular complexity index is 825. The standard InChI is InChI=1S/C21H18O4/c1-15(2)21(24)25-20-13-7-17(8-14-20)6-12-19(23)11-5-16-3-9-18(22)10-4-16/h3-14,22H,1H2,2H3/b11-5+,12-6+. The van der Waals surface area contributed by atoms with Crippen molar-refractivity contribution < 1.29 is 19.4 Å². The number of rotatable bonds is 6. The van der Waals surface area contributed by atoms with Gasteiger partial charge >= 0.3 is 5.97 Å². The highest BCUT2D eigenvalue weighted by Gasteiger charge is 2.04. The van der Waals surface area contributed by atoms with Gasteiger partial charge in [0.05, 0.1) is 0 Å². The molecule has 1 N–H and O–H groups in total.